The molecule has 74 valence electrons. The maximum Gasteiger partial charge on any atom is 0.193 e. The van der Waals surface area contributed by atoms with Gasteiger partial charge in [-0.1, -0.05) is 6.42 Å². The van der Waals surface area contributed by atoms with Crippen LogP contribution in [0, 0.1) is 0 Å². The van der Waals surface area contributed by atoms with Crippen LogP contribution in [0.5, 0.6) is 0 Å². The first kappa shape index (κ1) is 8.44. The molecule has 1 N–H and O–H groups in total. The SMILES string of the molecule is c1cn2cc(CNC3CCC3)nc2s1. The molecular weight excluding hydrogens is 194 g/mol. The summed E-state index contributed by atoms with van der Waals surface area (Å²) in [5.74, 6) is 0. The first-order valence-corrected chi connectivity index (χ1v) is 5.94. The van der Waals surface area contributed by atoms with Crippen LogP contribution in [0.15, 0.2) is 17.8 Å². The lowest BCUT2D eigenvalue weighted by molar-refractivity contribution is 0.337. The predicted molar refractivity (Wildman–Crippen MR) is 57.5 cm³/mol. The highest BCUT2D eigenvalue weighted by molar-refractivity contribution is 7.15. The first-order chi connectivity index (χ1) is 6.92. The van der Waals surface area contributed by atoms with Gasteiger partial charge in [-0.15, -0.1) is 11.3 Å². The Morgan fingerprint density at radius 2 is 2.50 bits per heavy atom. The fraction of sp³-hybridized carbons (Fsp3) is 0.500. The molecule has 2 heterocycles. The number of nitrogens with one attached hydrogen (secondary N) is 1. The molecule has 0 spiro atoms. The number of hydrogen-bond donors (Lipinski definition) is 1. The average molecular weight is 207 g/mol. The number of nitrogens with zero attached hydrogens (tertiary/aromatic N) is 2. The van der Waals surface area contributed by atoms with E-state index in [4.69, 9.17) is 0 Å². The summed E-state index contributed by atoms with van der Waals surface area (Å²) < 4.78 is 2.09. The normalized spacial score (nSPS) is 17.4. The minimum absolute atomic E-state index is 0.745. The van der Waals surface area contributed by atoms with Crippen molar-refractivity contribution in [1.29, 1.82) is 0 Å². The van der Waals surface area contributed by atoms with Crippen LogP contribution in [0.2, 0.25) is 0 Å². The molecular formula is C10H13N3S. The molecule has 2 aromatic heterocycles. The second-order valence-electron chi connectivity index (χ2n) is 3.83. The number of imidazole rings is 1. The Bertz CT molecular complexity index is 399. The third kappa shape index (κ3) is 1.44. The maximum atomic E-state index is 4.52. The summed E-state index contributed by atoms with van der Waals surface area (Å²) in [5, 5.41) is 5.58. The summed E-state index contributed by atoms with van der Waals surface area (Å²) in [6.07, 6.45) is 8.22. The smallest absolute Gasteiger partial charge is 0.193 e. The third-order valence-corrected chi connectivity index (χ3v) is 3.59. The van der Waals surface area contributed by atoms with Crippen LogP contribution >= 0.6 is 11.3 Å². The highest BCUT2D eigenvalue weighted by Gasteiger charge is 2.16. The summed E-state index contributed by atoms with van der Waals surface area (Å²) in [6.45, 7) is 0.916. The van der Waals surface area contributed by atoms with E-state index >= 15 is 0 Å². The molecule has 0 saturated heterocycles. The molecule has 3 rings (SSSR count). The standard InChI is InChI=1S/C10H13N3S/c1-2-8(3-1)11-6-9-7-13-4-5-14-10(13)12-9/h4-5,7-8,11H,1-3,6H2. The summed E-state index contributed by atoms with van der Waals surface area (Å²) in [7, 11) is 0. The second kappa shape index (κ2) is 3.37. The number of rotatable bonds is 3. The molecule has 0 amide bonds. The van der Waals surface area contributed by atoms with Gasteiger partial charge in [0.15, 0.2) is 4.96 Å². The molecule has 14 heavy (non-hydrogen) atoms. The van der Waals surface area contributed by atoms with Gasteiger partial charge in [0, 0.05) is 30.4 Å². The minimum atomic E-state index is 0.745. The Balaban J connectivity index is 1.68. The molecule has 3 nitrogen and oxygen atoms in total. The van der Waals surface area contributed by atoms with E-state index in [1.807, 2.05) is 0 Å². The quantitative estimate of drug-likeness (QED) is 0.834. The molecule has 4 heteroatoms. The van der Waals surface area contributed by atoms with Crippen molar-refractivity contribution in [2.24, 2.45) is 0 Å². The van der Waals surface area contributed by atoms with Crippen molar-refractivity contribution in [2.45, 2.75) is 31.8 Å². The molecule has 0 unspecified atom stereocenters. The Hall–Kier alpha value is -0.870. The molecule has 1 fully saturated rings. The van der Waals surface area contributed by atoms with Gasteiger partial charge < -0.3 is 5.32 Å². The fourth-order valence-electron chi connectivity index (χ4n) is 1.72. The number of aromatic nitrogens is 2. The molecule has 0 aliphatic heterocycles. The lowest BCUT2D eigenvalue weighted by Crippen LogP contribution is -2.34. The summed E-state index contributed by atoms with van der Waals surface area (Å²) in [6, 6.07) is 0.745. The van der Waals surface area contributed by atoms with Crippen molar-refractivity contribution in [3.8, 4) is 0 Å². The maximum absolute atomic E-state index is 4.52. The van der Waals surface area contributed by atoms with Gasteiger partial charge in [0.05, 0.1) is 5.69 Å². The van der Waals surface area contributed by atoms with Crippen molar-refractivity contribution < 1.29 is 0 Å². The van der Waals surface area contributed by atoms with Gasteiger partial charge in [-0.25, -0.2) is 4.98 Å². The van der Waals surface area contributed by atoms with Crippen LogP contribution in [-0.2, 0) is 6.54 Å². The molecule has 2 aromatic rings. The lowest BCUT2D eigenvalue weighted by atomic mass is 9.93. The molecule has 0 aromatic carbocycles. The monoisotopic (exact) mass is 207 g/mol. The van der Waals surface area contributed by atoms with Crippen molar-refractivity contribution >= 4 is 16.3 Å². The van der Waals surface area contributed by atoms with Crippen LogP contribution in [-0.4, -0.2) is 15.4 Å². The number of hydrogen-bond acceptors (Lipinski definition) is 3. The second-order valence-corrected chi connectivity index (χ2v) is 4.71. The Morgan fingerprint density at radius 1 is 1.57 bits per heavy atom. The largest absolute Gasteiger partial charge is 0.308 e. The molecule has 1 aliphatic rings. The van der Waals surface area contributed by atoms with Crippen molar-refractivity contribution in [2.75, 3.05) is 0 Å². The van der Waals surface area contributed by atoms with Crippen molar-refractivity contribution in [3.05, 3.63) is 23.5 Å². The number of thiazole rings is 1. The zero-order valence-electron chi connectivity index (χ0n) is 7.94. The first-order valence-electron chi connectivity index (χ1n) is 5.06. The summed E-state index contributed by atoms with van der Waals surface area (Å²) in [4.78, 5) is 5.62. The zero-order valence-corrected chi connectivity index (χ0v) is 8.76. The molecule has 0 atom stereocenters. The Morgan fingerprint density at radius 3 is 3.21 bits per heavy atom. The average Bonchev–Trinajstić information content (AvgIpc) is 2.59. The minimum Gasteiger partial charge on any atom is -0.308 e. The van der Waals surface area contributed by atoms with E-state index in [9.17, 15) is 0 Å². The van der Waals surface area contributed by atoms with Gasteiger partial charge in [-0.2, -0.15) is 0 Å². The summed E-state index contributed by atoms with van der Waals surface area (Å²) in [5.41, 5.74) is 1.16. The van der Waals surface area contributed by atoms with E-state index in [0.717, 1.165) is 23.2 Å². The topological polar surface area (TPSA) is 29.3 Å². The molecule has 0 radical (unpaired) electrons. The molecule has 1 aliphatic carbocycles. The molecule has 0 bridgehead atoms. The van der Waals surface area contributed by atoms with Gasteiger partial charge in [0.1, 0.15) is 0 Å². The van der Waals surface area contributed by atoms with Gasteiger partial charge in [-0.05, 0) is 12.8 Å². The van der Waals surface area contributed by atoms with E-state index in [1.54, 1.807) is 11.3 Å². The zero-order chi connectivity index (χ0) is 9.38. The van der Waals surface area contributed by atoms with Gasteiger partial charge in [0.2, 0.25) is 0 Å². The highest BCUT2D eigenvalue weighted by Crippen LogP contribution is 2.18. The van der Waals surface area contributed by atoms with E-state index in [0.29, 0.717) is 0 Å². The fourth-order valence-corrected chi connectivity index (χ4v) is 2.44. The van der Waals surface area contributed by atoms with E-state index < -0.39 is 0 Å². The van der Waals surface area contributed by atoms with Crippen molar-refractivity contribution in [3.63, 3.8) is 0 Å². The van der Waals surface area contributed by atoms with E-state index in [-0.39, 0.29) is 0 Å². The van der Waals surface area contributed by atoms with Gasteiger partial charge in [-0.3, -0.25) is 4.40 Å². The van der Waals surface area contributed by atoms with E-state index in [1.165, 1.54) is 19.3 Å². The van der Waals surface area contributed by atoms with Crippen LogP contribution in [0.4, 0.5) is 0 Å². The summed E-state index contributed by atoms with van der Waals surface area (Å²) >= 11 is 1.69. The molecule has 1 saturated carbocycles. The Labute approximate surface area is 86.8 Å². The highest BCUT2D eigenvalue weighted by atomic mass is 32.1. The van der Waals surface area contributed by atoms with E-state index in [2.05, 4.69) is 32.5 Å². The van der Waals surface area contributed by atoms with Crippen LogP contribution in [0.3, 0.4) is 0 Å². The third-order valence-electron chi connectivity index (χ3n) is 2.82. The van der Waals surface area contributed by atoms with Crippen molar-refractivity contribution in [1.82, 2.24) is 14.7 Å². The van der Waals surface area contributed by atoms with Crippen LogP contribution in [0.25, 0.3) is 4.96 Å². The van der Waals surface area contributed by atoms with Crippen LogP contribution in [0.1, 0.15) is 25.0 Å². The Kier molecular flexibility index (Phi) is 2.03. The predicted octanol–water partition coefficient (Wildman–Crippen LogP) is 2.04. The van der Waals surface area contributed by atoms with Gasteiger partial charge in [0.25, 0.3) is 0 Å². The van der Waals surface area contributed by atoms with Crippen LogP contribution < -0.4 is 5.32 Å². The van der Waals surface area contributed by atoms with Gasteiger partial charge >= 0.3 is 0 Å². The lowest BCUT2D eigenvalue weighted by Gasteiger charge is -2.26. The number of fused-ring (bicyclic) bond motifs is 1.